The van der Waals surface area contributed by atoms with Crippen molar-refractivity contribution in [2.24, 2.45) is 13.0 Å². The second kappa shape index (κ2) is 7.24. The first-order chi connectivity index (χ1) is 12.4. The fourth-order valence-electron chi connectivity index (χ4n) is 3.15. The number of carboxylic acids is 1. The minimum atomic E-state index is -1.09. The summed E-state index contributed by atoms with van der Waals surface area (Å²) in [7, 11) is 3.48. The fraction of sp³-hybridized carbons (Fsp3) is 0.438. The molecule has 138 valence electrons. The number of carbonyl (C=O) groups is 3. The summed E-state index contributed by atoms with van der Waals surface area (Å²) in [6.07, 6.45) is 4.23. The maximum Gasteiger partial charge on any atom is 0.355 e. The summed E-state index contributed by atoms with van der Waals surface area (Å²) in [5.41, 5.74) is 0.779. The number of nitrogens with one attached hydrogen (secondary N) is 1. The van der Waals surface area contributed by atoms with Crippen LogP contribution in [0.25, 0.3) is 0 Å². The smallest absolute Gasteiger partial charge is 0.355 e. The van der Waals surface area contributed by atoms with Crippen LogP contribution in [0.15, 0.2) is 17.8 Å². The maximum atomic E-state index is 12.7. The van der Waals surface area contributed by atoms with Gasteiger partial charge in [-0.2, -0.15) is 5.10 Å². The molecular formula is C16H19N5O4S. The molecule has 0 bridgehead atoms. The molecule has 1 saturated heterocycles. The minimum Gasteiger partial charge on any atom is -0.476 e. The van der Waals surface area contributed by atoms with Crippen molar-refractivity contribution in [3.63, 3.8) is 0 Å². The lowest BCUT2D eigenvalue weighted by molar-refractivity contribution is -0.141. The molecule has 26 heavy (non-hydrogen) atoms. The monoisotopic (exact) mass is 377 g/mol. The molecule has 1 aliphatic rings. The zero-order chi connectivity index (χ0) is 18.8. The molecule has 2 atom stereocenters. The van der Waals surface area contributed by atoms with E-state index in [-0.39, 0.29) is 30.1 Å². The van der Waals surface area contributed by atoms with Crippen molar-refractivity contribution in [2.45, 2.75) is 25.4 Å². The highest BCUT2D eigenvalue weighted by Gasteiger charge is 2.39. The molecule has 2 aromatic heterocycles. The SMILES string of the molecule is CN1C(=O)CCC(C(=O)NCc2nc(C(=O)O)cs2)C1c1cnn(C)c1. The Morgan fingerprint density at radius 3 is 2.81 bits per heavy atom. The molecule has 1 aliphatic heterocycles. The summed E-state index contributed by atoms with van der Waals surface area (Å²) in [4.78, 5) is 41.3. The van der Waals surface area contributed by atoms with Crippen molar-refractivity contribution >= 4 is 29.1 Å². The van der Waals surface area contributed by atoms with Gasteiger partial charge in [-0.3, -0.25) is 14.3 Å². The number of nitrogens with zero attached hydrogens (tertiary/aromatic N) is 4. The van der Waals surface area contributed by atoms with Gasteiger partial charge in [-0.25, -0.2) is 9.78 Å². The molecule has 2 unspecified atom stereocenters. The summed E-state index contributed by atoms with van der Waals surface area (Å²) in [6, 6.07) is -0.379. The van der Waals surface area contributed by atoms with E-state index in [2.05, 4.69) is 15.4 Å². The highest BCUT2D eigenvalue weighted by molar-refractivity contribution is 7.09. The van der Waals surface area contributed by atoms with Crippen molar-refractivity contribution in [3.05, 3.63) is 34.0 Å². The van der Waals surface area contributed by atoms with Crippen molar-refractivity contribution in [1.29, 1.82) is 0 Å². The molecule has 2 N–H and O–H groups in total. The molecule has 0 aliphatic carbocycles. The Hall–Kier alpha value is -2.75. The Labute approximate surface area is 153 Å². The van der Waals surface area contributed by atoms with Crippen LogP contribution < -0.4 is 5.32 Å². The molecule has 3 rings (SSSR count). The van der Waals surface area contributed by atoms with E-state index in [1.807, 2.05) is 0 Å². The molecule has 9 nitrogen and oxygen atoms in total. The number of aromatic carboxylic acids is 1. The zero-order valence-corrected chi connectivity index (χ0v) is 15.2. The first-order valence-corrected chi connectivity index (χ1v) is 8.94. The number of amides is 2. The number of carboxylic acid groups (broad SMARTS) is 1. The van der Waals surface area contributed by atoms with Crippen LogP contribution in [0.4, 0.5) is 0 Å². The fourth-order valence-corrected chi connectivity index (χ4v) is 3.85. The number of carbonyl (C=O) groups excluding carboxylic acids is 2. The van der Waals surface area contributed by atoms with Crippen LogP contribution >= 0.6 is 11.3 Å². The lowest BCUT2D eigenvalue weighted by Crippen LogP contribution is -2.46. The number of hydrogen-bond acceptors (Lipinski definition) is 6. The minimum absolute atomic E-state index is 0.00562. The largest absolute Gasteiger partial charge is 0.476 e. The van der Waals surface area contributed by atoms with Crippen molar-refractivity contribution in [3.8, 4) is 0 Å². The van der Waals surface area contributed by atoms with Gasteiger partial charge < -0.3 is 15.3 Å². The van der Waals surface area contributed by atoms with Gasteiger partial charge >= 0.3 is 5.97 Å². The molecule has 0 radical (unpaired) electrons. The number of aromatic nitrogens is 3. The predicted molar refractivity (Wildman–Crippen MR) is 92.4 cm³/mol. The van der Waals surface area contributed by atoms with Gasteiger partial charge in [0.15, 0.2) is 5.69 Å². The number of rotatable bonds is 5. The Morgan fingerprint density at radius 1 is 1.42 bits per heavy atom. The molecule has 2 amide bonds. The Balaban J connectivity index is 1.73. The third-order valence-corrected chi connectivity index (χ3v) is 5.30. The van der Waals surface area contributed by atoms with E-state index in [0.717, 1.165) is 5.56 Å². The van der Waals surface area contributed by atoms with E-state index >= 15 is 0 Å². The van der Waals surface area contributed by atoms with Gasteiger partial charge in [0.25, 0.3) is 0 Å². The van der Waals surface area contributed by atoms with Gasteiger partial charge in [0.05, 0.1) is 24.7 Å². The normalized spacial score (nSPS) is 20.2. The van der Waals surface area contributed by atoms with Crippen LogP contribution in [0.1, 0.15) is 39.9 Å². The van der Waals surface area contributed by atoms with Gasteiger partial charge in [0.2, 0.25) is 11.8 Å². The first-order valence-electron chi connectivity index (χ1n) is 8.06. The van der Waals surface area contributed by atoms with E-state index in [0.29, 0.717) is 17.8 Å². The molecule has 1 fully saturated rings. The molecule has 2 aromatic rings. The molecular weight excluding hydrogens is 358 g/mol. The van der Waals surface area contributed by atoms with Gasteiger partial charge in [-0.1, -0.05) is 0 Å². The Morgan fingerprint density at radius 2 is 2.19 bits per heavy atom. The van der Waals surface area contributed by atoms with Gasteiger partial charge in [0.1, 0.15) is 5.01 Å². The summed E-state index contributed by atoms with van der Waals surface area (Å²) in [5.74, 6) is -1.69. The molecule has 0 spiro atoms. The van der Waals surface area contributed by atoms with Gasteiger partial charge in [-0.05, 0) is 6.42 Å². The summed E-state index contributed by atoms with van der Waals surface area (Å²) >= 11 is 1.18. The second-order valence-electron chi connectivity index (χ2n) is 6.19. The van der Waals surface area contributed by atoms with E-state index in [4.69, 9.17) is 5.11 Å². The highest BCUT2D eigenvalue weighted by Crippen LogP contribution is 2.35. The van der Waals surface area contributed by atoms with Crippen LogP contribution in [0.3, 0.4) is 0 Å². The Kier molecular flexibility index (Phi) is 5.03. The average Bonchev–Trinajstić information content (AvgIpc) is 3.24. The van der Waals surface area contributed by atoms with E-state index in [1.165, 1.54) is 16.7 Å². The van der Waals surface area contributed by atoms with E-state index in [1.54, 1.807) is 36.1 Å². The predicted octanol–water partition coefficient (Wildman–Crippen LogP) is 0.801. The number of likely N-dealkylation sites (tertiary alicyclic amines) is 1. The number of piperidine rings is 1. The number of aryl methyl sites for hydroxylation is 1. The summed E-state index contributed by atoms with van der Waals surface area (Å²) in [5, 5.41) is 17.8. The van der Waals surface area contributed by atoms with Crippen molar-refractivity contribution < 1.29 is 19.5 Å². The summed E-state index contributed by atoms with van der Waals surface area (Å²) in [6.45, 7) is 0.157. The summed E-state index contributed by atoms with van der Waals surface area (Å²) < 4.78 is 1.64. The average molecular weight is 377 g/mol. The zero-order valence-electron chi connectivity index (χ0n) is 14.4. The van der Waals surface area contributed by atoms with Gasteiger partial charge in [-0.15, -0.1) is 11.3 Å². The van der Waals surface area contributed by atoms with Crippen molar-refractivity contribution in [1.82, 2.24) is 25.0 Å². The van der Waals surface area contributed by atoms with E-state index in [9.17, 15) is 14.4 Å². The van der Waals surface area contributed by atoms with Crippen LogP contribution in [0.2, 0.25) is 0 Å². The van der Waals surface area contributed by atoms with Gasteiger partial charge in [0, 0.05) is 37.7 Å². The van der Waals surface area contributed by atoms with Crippen LogP contribution in [0, 0.1) is 5.92 Å². The molecule has 10 heteroatoms. The topological polar surface area (TPSA) is 117 Å². The van der Waals surface area contributed by atoms with Crippen LogP contribution in [-0.2, 0) is 23.2 Å². The molecule has 0 aromatic carbocycles. The van der Waals surface area contributed by atoms with E-state index < -0.39 is 11.9 Å². The quantitative estimate of drug-likeness (QED) is 0.796. The number of hydrogen-bond donors (Lipinski definition) is 2. The van der Waals surface area contributed by atoms with Crippen LogP contribution in [0.5, 0.6) is 0 Å². The third kappa shape index (κ3) is 3.59. The molecule has 0 saturated carbocycles. The van der Waals surface area contributed by atoms with Crippen LogP contribution in [-0.4, -0.2) is 49.6 Å². The standard InChI is InChI=1S/C16H19N5O4S/c1-20-7-9(5-18-20)14-10(3-4-13(22)21(14)2)15(23)17-6-12-19-11(8-26-12)16(24)25/h5,7-8,10,14H,3-4,6H2,1-2H3,(H,17,23)(H,24,25). The first kappa shape index (κ1) is 18.1. The Bertz CT molecular complexity index is 845. The second-order valence-corrected chi connectivity index (χ2v) is 7.13. The maximum absolute atomic E-state index is 12.7. The lowest BCUT2D eigenvalue weighted by atomic mass is 9.85. The van der Waals surface area contributed by atoms with Crippen molar-refractivity contribution in [2.75, 3.05) is 7.05 Å². The third-order valence-electron chi connectivity index (χ3n) is 4.45. The lowest BCUT2D eigenvalue weighted by Gasteiger charge is -2.37. The highest BCUT2D eigenvalue weighted by atomic mass is 32.1. The number of thiazole rings is 1. The molecule has 3 heterocycles.